The number of nitrogens with one attached hydrogen (secondary N) is 1. The second-order valence-electron chi connectivity index (χ2n) is 6.07. The largest absolute Gasteiger partial charge is 0.346 e. The first kappa shape index (κ1) is 15.5. The molecule has 6 heteroatoms. The molecule has 0 bridgehead atoms. The lowest BCUT2D eigenvalue weighted by atomic mass is 10.00. The molecule has 126 valence electrons. The molecule has 25 heavy (non-hydrogen) atoms. The number of hydrogen-bond donors (Lipinski definition) is 1. The smallest absolute Gasteiger partial charge is 0.261 e. The number of benzene rings is 2. The van der Waals surface area contributed by atoms with Crippen LogP contribution in [0.4, 0.5) is 14.5 Å². The fourth-order valence-electron chi connectivity index (χ4n) is 3.29. The molecule has 0 atom stereocenters. The molecule has 2 heterocycles. The average Bonchev–Trinajstić information content (AvgIpc) is 2.61. The highest BCUT2D eigenvalue weighted by Crippen LogP contribution is 2.23. The van der Waals surface area contributed by atoms with Crippen LogP contribution in [0.3, 0.4) is 0 Å². The Morgan fingerprint density at radius 3 is 2.76 bits per heavy atom. The van der Waals surface area contributed by atoms with Crippen molar-refractivity contribution < 1.29 is 13.6 Å². The molecule has 4 rings (SSSR count). The van der Waals surface area contributed by atoms with Crippen LogP contribution in [-0.4, -0.2) is 10.5 Å². The van der Waals surface area contributed by atoms with E-state index in [-0.39, 0.29) is 16.7 Å². The van der Waals surface area contributed by atoms with Crippen LogP contribution in [0.25, 0.3) is 10.9 Å². The van der Waals surface area contributed by atoms with Crippen molar-refractivity contribution in [2.45, 2.75) is 19.4 Å². The Kier molecular flexibility index (Phi) is 3.60. The van der Waals surface area contributed by atoms with Crippen LogP contribution in [0.1, 0.15) is 22.3 Å². The normalized spacial score (nSPS) is 13.0. The zero-order chi connectivity index (χ0) is 17.6. The molecule has 0 fully saturated rings. The van der Waals surface area contributed by atoms with E-state index in [1.807, 2.05) is 16.7 Å². The van der Waals surface area contributed by atoms with Gasteiger partial charge in [-0.1, -0.05) is 12.1 Å². The Labute approximate surface area is 141 Å². The van der Waals surface area contributed by atoms with E-state index in [9.17, 15) is 18.4 Å². The van der Waals surface area contributed by atoms with Crippen molar-refractivity contribution in [3.05, 3.63) is 75.6 Å². The van der Waals surface area contributed by atoms with Gasteiger partial charge in [-0.2, -0.15) is 0 Å². The zero-order valence-corrected chi connectivity index (χ0v) is 13.2. The predicted octanol–water partition coefficient (Wildman–Crippen LogP) is 3.48. The van der Waals surface area contributed by atoms with Gasteiger partial charge in [0.1, 0.15) is 5.56 Å². The van der Waals surface area contributed by atoms with Gasteiger partial charge in [0.05, 0.1) is 5.52 Å². The number of pyridine rings is 1. The quantitative estimate of drug-likeness (QED) is 0.776. The summed E-state index contributed by atoms with van der Waals surface area (Å²) in [5.74, 6) is -2.70. The van der Waals surface area contributed by atoms with Crippen molar-refractivity contribution in [2.75, 3.05) is 5.32 Å². The number of carbonyl (C=O) groups excluding carboxylic acids is 1. The third kappa shape index (κ3) is 2.59. The van der Waals surface area contributed by atoms with E-state index in [4.69, 9.17) is 0 Å². The maximum Gasteiger partial charge on any atom is 0.261 e. The summed E-state index contributed by atoms with van der Waals surface area (Å²) in [4.78, 5) is 25.2. The third-order valence-electron chi connectivity index (χ3n) is 4.45. The van der Waals surface area contributed by atoms with E-state index in [1.54, 1.807) is 12.3 Å². The maximum absolute atomic E-state index is 13.3. The van der Waals surface area contributed by atoms with Crippen molar-refractivity contribution in [3.8, 4) is 0 Å². The summed E-state index contributed by atoms with van der Waals surface area (Å²) in [5.41, 5.74) is 1.67. The van der Waals surface area contributed by atoms with Crippen molar-refractivity contribution in [2.24, 2.45) is 0 Å². The van der Waals surface area contributed by atoms with E-state index in [0.29, 0.717) is 5.39 Å². The zero-order valence-electron chi connectivity index (χ0n) is 13.2. The Balaban J connectivity index is 1.79. The molecule has 1 aliphatic rings. The molecule has 1 aromatic heterocycles. The Bertz CT molecular complexity index is 1070. The van der Waals surface area contributed by atoms with Gasteiger partial charge >= 0.3 is 0 Å². The fourth-order valence-corrected chi connectivity index (χ4v) is 3.29. The number of aryl methyl sites for hydroxylation is 2. The molecule has 4 nitrogen and oxygen atoms in total. The highest BCUT2D eigenvalue weighted by molar-refractivity contribution is 6.06. The Morgan fingerprint density at radius 1 is 1.12 bits per heavy atom. The van der Waals surface area contributed by atoms with Gasteiger partial charge < -0.3 is 9.88 Å². The summed E-state index contributed by atoms with van der Waals surface area (Å²) in [6.45, 7) is 0.721. The lowest BCUT2D eigenvalue weighted by Gasteiger charge is -2.20. The standard InChI is InChI=1S/C19H14F2N2O2/c20-15-7-6-12(9-16(15)21)22-19(25)14-10-23-8-2-4-11-3-1-5-13(17(11)23)18(14)24/h1,3,5-7,9-10H,2,4,8H2,(H,22,25). The minimum absolute atomic E-state index is 0.0173. The molecule has 0 spiro atoms. The lowest BCUT2D eigenvalue weighted by Crippen LogP contribution is -2.25. The SMILES string of the molecule is O=C(Nc1ccc(F)c(F)c1)c1cn2c3c(cccc3c1=O)CCC2. The van der Waals surface area contributed by atoms with E-state index in [0.717, 1.165) is 42.6 Å². The predicted molar refractivity (Wildman–Crippen MR) is 90.8 cm³/mol. The highest BCUT2D eigenvalue weighted by Gasteiger charge is 2.19. The van der Waals surface area contributed by atoms with E-state index >= 15 is 0 Å². The average molecular weight is 340 g/mol. The highest BCUT2D eigenvalue weighted by atomic mass is 19.2. The minimum atomic E-state index is -1.06. The van der Waals surface area contributed by atoms with Gasteiger partial charge in [-0.15, -0.1) is 0 Å². The lowest BCUT2D eigenvalue weighted by molar-refractivity contribution is 0.102. The number of halogens is 2. The maximum atomic E-state index is 13.3. The summed E-state index contributed by atoms with van der Waals surface area (Å²) >= 11 is 0. The van der Waals surface area contributed by atoms with Crippen LogP contribution in [0.2, 0.25) is 0 Å². The molecule has 3 aromatic rings. The summed E-state index contributed by atoms with van der Waals surface area (Å²) in [6.07, 6.45) is 3.37. The molecule has 1 aliphatic heterocycles. The van der Waals surface area contributed by atoms with Crippen molar-refractivity contribution in [1.29, 1.82) is 0 Å². The minimum Gasteiger partial charge on any atom is -0.346 e. The van der Waals surface area contributed by atoms with Crippen molar-refractivity contribution >= 4 is 22.5 Å². The molecule has 0 saturated heterocycles. The second-order valence-corrected chi connectivity index (χ2v) is 6.07. The Hall–Kier alpha value is -3.02. The van der Waals surface area contributed by atoms with Crippen molar-refractivity contribution in [1.82, 2.24) is 4.57 Å². The van der Waals surface area contributed by atoms with Crippen LogP contribution in [0.5, 0.6) is 0 Å². The summed E-state index contributed by atoms with van der Waals surface area (Å²) in [5, 5.41) is 2.95. The molecule has 1 N–H and O–H groups in total. The number of carbonyl (C=O) groups is 1. The van der Waals surface area contributed by atoms with E-state index in [2.05, 4.69) is 5.32 Å². The van der Waals surface area contributed by atoms with Crippen LogP contribution in [0.15, 0.2) is 47.4 Å². The van der Waals surface area contributed by atoms with Gasteiger partial charge in [0, 0.05) is 29.9 Å². The number of hydrogen-bond acceptors (Lipinski definition) is 2. The molecule has 0 aliphatic carbocycles. The van der Waals surface area contributed by atoms with Crippen LogP contribution < -0.4 is 10.7 Å². The summed E-state index contributed by atoms with van der Waals surface area (Å²) in [7, 11) is 0. The first-order valence-electron chi connectivity index (χ1n) is 7.96. The Morgan fingerprint density at radius 2 is 1.96 bits per heavy atom. The number of amides is 1. The molecule has 0 radical (unpaired) electrons. The third-order valence-corrected chi connectivity index (χ3v) is 4.45. The first-order chi connectivity index (χ1) is 12.0. The van der Waals surface area contributed by atoms with Crippen LogP contribution in [0, 0.1) is 11.6 Å². The monoisotopic (exact) mass is 340 g/mol. The van der Waals surface area contributed by atoms with Gasteiger partial charge in [0.2, 0.25) is 5.43 Å². The molecule has 0 saturated carbocycles. The van der Waals surface area contributed by atoms with Gasteiger partial charge in [-0.3, -0.25) is 9.59 Å². The summed E-state index contributed by atoms with van der Waals surface area (Å²) < 4.78 is 28.2. The molecule has 0 unspecified atom stereocenters. The van der Waals surface area contributed by atoms with Crippen LogP contribution in [-0.2, 0) is 13.0 Å². The van der Waals surface area contributed by atoms with Gasteiger partial charge in [-0.05, 0) is 36.6 Å². The molecular weight excluding hydrogens is 326 g/mol. The van der Waals surface area contributed by atoms with Gasteiger partial charge in [-0.25, -0.2) is 8.78 Å². The molecular formula is C19H14F2N2O2. The van der Waals surface area contributed by atoms with Gasteiger partial charge in [0.15, 0.2) is 11.6 Å². The summed E-state index contributed by atoms with van der Waals surface area (Å²) in [6, 6.07) is 8.56. The number of aromatic nitrogens is 1. The van der Waals surface area contributed by atoms with Crippen molar-refractivity contribution in [3.63, 3.8) is 0 Å². The number of anilines is 1. The van der Waals surface area contributed by atoms with E-state index in [1.165, 1.54) is 6.07 Å². The number of rotatable bonds is 2. The van der Waals surface area contributed by atoms with E-state index < -0.39 is 17.5 Å². The topological polar surface area (TPSA) is 51.1 Å². The molecule has 2 aromatic carbocycles. The number of para-hydroxylation sites is 1. The second kappa shape index (κ2) is 5.81. The molecule has 1 amide bonds. The van der Waals surface area contributed by atoms with Crippen LogP contribution >= 0.6 is 0 Å². The number of nitrogens with zero attached hydrogens (tertiary/aromatic N) is 1. The first-order valence-corrected chi connectivity index (χ1v) is 7.96. The fraction of sp³-hybridized carbons (Fsp3) is 0.158. The van der Waals surface area contributed by atoms with Gasteiger partial charge in [0.25, 0.3) is 5.91 Å².